The van der Waals surface area contributed by atoms with Crippen LogP contribution in [0.5, 0.6) is 0 Å². The molecule has 1 aromatic heterocycles. The zero-order valence-electron chi connectivity index (χ0n) is 25.9. The monoisotopic (exact) mass is 866 g/mol. The number of Topliss-reactive ketones (excluding diaryl/α,β-unsaturated/α-hetero) is 1. The Hall–Kier alpha value is -3.63. The van der Waals surface area contributed by atoms with Gasteiger partial charge >= 0.3 is 18.5 Å². The van der Waals surface area contributed by atoms with E-state index in [0.29, 0.717) is 27.5 Å². The minimum atomic E-state index is -5.91. The van der Waals surface area contributed by atoms with Gasteiger partial charge in [0.2, 0.25) is 0 Å². The summed E-state index contributed by atoms with van der Waals surface area (Å²) in [5.41, 5.74) is -5.67. The van der Waals surface area contributed by atoms with Gasteiger partial charge in [0.15, 0.2) is 16.8 Å². The van der Waals surface area contributed by atoms with Gasteiger partial charge in [-0.15, -0.1) is 5.10 Å². The van der Waals surface area contributed by atoms with Gasteiger partial charge in [0, 0.05) is 38.5 Å². The quantitative estimate of drug-likeness (QED) is 0.0678. The van der Waals surface area contributed by atoms with E-state index in [4.69, 9.17) is 5.14 Å². The summed E-state index contributed by atoms with van der Waals surface area (Å²) < 4.78 is 83.9. The second-order valence-electron chi connectivity index (χ2n) is 11.8. The number of halogens is 6. The van der Waals surface area contributed by atoms with Gasteiger partial charge in [0.1, 0.15) is 11.1 Å². The molecule has 0 saturated heterocycles. The summed E-state index contributed by atoms with van der Waals surface area (Å²) in [5, 5.41) is 10.6. The number of rotatable bonds is 11. The molecule has 2 unspecified atom stereocenters. The van der Waals surface area contributed by atoms with Crippen LogP contribution in [0.25, 0.3) is 21.8 Å². The molecule has 0 saturated carbocycles. The van der Waals surface area contributed by atoms with Crippen molar-refractivity contribution in [2.45, 2.75) is 29.3 Å². The van der Waals surface area contributed by atoms with Crippen LogP contribution in [-0.4, -0.2) is 34.8 Å². The number of hydrogen-bond donors (Lipinski definition) is 3. The Labute approximate surface area is 306 Å². The summed E-state index contributed by atoms with van der Waals surface area (Å²) in [6.07, 6.45) is -0.281. The highest BCUT2D eigenvalue weighted by Gasteiger charge is 2.51. The van der Waals surface area contributed by atoms with Crippen LogP contribution < -0.4 is 5.14 Å². The number of para-hydroxylation sites is 1. The maximum atomic E-state index is 15.0. The lowest BCUT2D eigenvalue weighted by Crippen LogP contribution is -2.47. The fraction of sp³-hybridized carbons (Fsp3) is 0.147. The molecule has 0 aliphatic heterocycles. The standard InChI is InChI=1S/C34H25Br2F4N4O5PS/c35-27-15-21(11-13-25(27)34(39,40)51(41)49)19-32(31(45)22-6-2-1-3-7-22,44-30-9-5-4-8-29(30)42-43-44)18-20-10-12-23-17-28(36)26(16-24(23)14-20)33(37,38)50(46,47)48/h1-17H,18-19,41H2,(H2,46,47,48). The highest BCUT2D eigenvalue weighted by atomic mass is 79.9. The normalized spacial score (nSPS) is 14.5. The minimum Gasteiger partial charge on any atom is -0.320 e. The molecule has 0 amide bonds. The van der Waals surface area contributed by atoms with E-state index in [1.165, 1.54) is 28.9 Å². The third kappa shape index (κ3) is 6.86. The molecule has 0 aliphatic carbocycles. The summed E-state index contributed by atoms with van der Waals surface area (Å²) in [6.45, 7) is 0. The van der Waals surface area contributed by atoms with Crippen molar-refractivity contribution in [2.24, 2.45) is 5.14 Å². The second-order valence-corrected chi connectivity index (χ2v) is 16.3. The van der Waals surface area contributed by atoms with Gasteiger partial charge in [0.25, 0.3) is 0 Å². The number of ketones is 1. The molecule has 0 fully saturated rings. The molecule has 0 bridgehead atoms. The van der Waals surface area contributed by atoms with E-state index in [-0.39, 0.29) is 32.7 Å². The summed E-state index contributed by atoms with van der Waals surface area (Å²) in [5.74, 6) is -0.433. The molecule has 2 atom stereocenters. The van der Waals surface area contributed by atoms with Crippen LogP contribution in [-0.2, 0) is 44.8 Å². The second kappa shape index (κ2) is 13.7. The van der Waals surface area contributed by atoms with Gasteiger partial charge in [-0.05, 0) is 52.2 Å². The van der Waals surface area contributed by atoms with Gasteiger partial charge < -0.3 is 9.79 Å². The van der Waals surface area contributed by atoms with Crippen molar-refractivity contribution in [1.82, 2.24) is 15.0 Å². The van der Waals surface area contributed by atoms with Crippen molar-refractivity contribution >= 4 is 78.0 Å². The lowest BCUT2D eigenvalue weighted by molar-refractivity contribution is 0.0559. The maximum Gasteiger partial charge on any atom is 0.399 e. The van der Waals surface area contributed by atoms with Crippen LogP contribution in [0.1, 0.15) is 32.6 Å². The Morgan fingerprint density at radius 1 is 0.804 bits per heavy atom. The SMILES string of the molecule is NS(=O)C(F)(F)c1ccc(CC(Cc2ccc3cc(Br)c(C(F)(F)P(=O)(O)O)cc3c2)(C(=O)c2ccccc2)n2nnc3ccccc32)cc1Br. The third-order valence-corrected chi connectivity index (χ3v) is 11.5. The summed E-state index contributed by atoms with van der Waals surface area (Å²) >= 11 is 6.17. The zero-order valence-corrected chi connectivity index (χ0v) is 30.8. The van der Waals surface area contributed by atoms with E-state index < -0.39 is 51.9 Å². The number of carbonyl (C=O) groups is 1. The Bertz CT molecular complexity index is 2400. The predicted octanol–water partition coefficient (Wildman–Crippen LogP) is 8.07. The summed E-state index contributed by atoms with van der Waals surface area (Å²) in [4.78, 5) is 33.8. The van der Waals surface area contributed by atoms with E-state index in [1.807, 2.05) is 0 Å². The minimum absolute atomic E-state index is 0.108. The van der Waals surface area contributed by atoms with Crippen molar-refractivity contribution < 1.29 is 40.9 Å². The van der Waals surface area contributed by atoms with Gasteiger partial charge in [-0.25, -0.2) is 14.0 Å². The van der Waals surface area contributed by atoms with Gasteiger partial charge in [-0.2, -0.15) is 17.6 Å². The molecular formula is C34H25Br2F4N4O5PS. The number of carbonyl (C=O) groups excluding carboxylic acids is 1. The van der Waals surface area contributed by atoms with Crippen LogP contribution in [0.15, 0.2) is 112 Å². The summed E-state index contributed by atoms with van der Waals surface area (Å²) in [6, 6.07) is 26.1. The van der Waals surface area contributed by atoms with Crippen molar-refractivity contribution in [3.63, 3.8) is 0 Å². The van der Waals surface area contributed by atoms with Crippen molar-refractivity contribution in [2.75, 3.05) is 0 Å². The Kier molecular flexibility index (Phi) is 10.00. The van der Waals surface area contributed by atoms with Crippen LogP contribution in [0.3, 0.4) is 0 Å². The van der Waals surface area contributed by atoms with Crippen LogP contribution in [0, 0.1) is 0 Å². The number of aromatic nitrogens is 3. The molecule has 17 heteroatoms. The van der Waals surface area contributed by atoms with Crippen molar-refractivity contribution in [3.8, 4) is 0 Å². The lowest BCUT2D eigenvalue weighted by atomic mass is 9.78. The topological polar surface area (TPSA) is 148 Å². The molecular weight excluding hydrogens is 843 g/mol. The fourth-order valence-electron chi connectivity index (χ4n) is 6.02. The van der Waals surface area contributed by atoms with E-state index in [2.05, 4.69) is 42.2 Å². The van der Waals surface area contributed by atoms with E-state index in [0.717, 1.165) is 12.1 Å². The first kappa shape index (κ1) is 37.1. The van der Waals surface area contributed by atoms with E-state index >= 15 is 0 Å². The molecule has 264 valence electrons. The van der Waals surface area contributed by atoms with Gasteiger partial charge in [-0.1, -0.05) is 110 Å². The zero-order chi connectivity index (χ0) is 36.9. The maximum absolute atomic E-state index is 15.0. The Morgan fingerprint density at radius 3 is 2.06 bits per heavy atom. The number of hydrogen-bond acceptors (Lipinski definition) is 5. The largest absolute Gasteiger partial charge is 0.399 e. The molecule has 51 heavy (non-hydrogen) atoms. The molecule has 4 N–H and O–H groups in total. The summed E-state index contributed by atoms with van der Waals surface area (Å²) in [7, 11) is -8.93. The molecule has 6 aromatic rings. The van der Waals surface area contributed by atoms with Gasteiger partial charge in [-0.3, -0.25) is 9.36 Å². The fourth-order valence-corrected chi connectivity index (χ4v) is 8.48. The molecule has 0 aliphatic rings. The third-order valence-electron chi connectivity index (χ3n) is 8.49. The molecule has 9 nitrogen and oxygen atoms in total. The van der Waals surface area contributed by atoms with Crippen molar-refractivity contribution in [1.29, 1.82) is 0 Å². The smallest absolute Gasteiger partial charge is 0.320 e. The average Bonchev–Trinajstić information content (AvgIpc) is 3.52. The number of fused-ring (bicyclic) bond motifs is 2. The van der Waals surface area contributed by atoms with Crippen LogP contribution in [0.4, 0.5) is 17.6 Å². The highest BCUT2D eigenvalue weighted by Crippen LogP contribution is 2.60. The Balaban J connectivity index is 1.58. The van der Waals surface area contributed by atoms with Gasteiger partial charge in [0.05, 0.1) is 5.52 Å². The first-order valence-electron chi connectivity index (χ1n) is 14.9. The number of benzene rings is 5. The first-order valence-corrected chi connectivity index (χ1v) is 19.3. The molecule has 0 spiro atoms. The van der Waals surface area contributed by atoms with Crippen LogP contribution in [0.2, 0.25) is 0 Å². The molecule has 1 heterocycles. The molecule has 6 rings (SSSR count). The van der Waals surface area contributed by atoms with E-state index in [9.17, 15) is 40.9 Å². The first-order chi connectivity index (χ1) is 24.0. The molecule has 0 radical (unpaired) electrons. The predicted molar refractivity (Wildman–Crippen MR) is 192 cm³/mol. The number of alkyl halides is 4. The van der Waals surface area contributed by atoms with Crippen LogP contribution >= 0.6 is 39.5 Å². The lowest BCUT2D eigenvalue weighted by Gasteiger charge is -2.34. The number of nitrogens with zero attached hydrogens (tertiary/aromatic N) is 3. The molecule has 5 aromatic carbocycles. The Morgan fingerprint density at radius 2 is 1.41 bits per heavy atom. The number of nitrogens with two attached hydrogens (primary N) is 1. The average molecular weight is 868 g/mol. The van der Waals surface area contributed by atoms with Crippen molar-refractivity contribution in [3.05, 3.63) is 140 Å². The van der Waals surface area contributed by atoms with E-state index in [1.54, 1.807) is 66.7 Å². The highest BCUT2D eigenvalue weighted by molar-refractivity contribution is 9.10.